The van der Waals surface area contributed by atoms with Crippen LogP contribution in [0.2, 0.25) is 0 Å². The maximum atomic E-state index is 12.0. The van der Waals surface area contributed by atoms with Crippen LogP contribution in [0.25, 0.3) is 0 Å². The van der Waals surface area contributed by atoms with Gasteiger partial charge in [0.25, 0.3) is 5.91 Å². The lowest BCUT2D eigenvalue weighted by Crippen LogP contribution is -2.43. The molecular formula is C11H17N3O2. The number of carbonyl (C=O) groups is 1. The molecule has 5 nitrogen and oxygen atoms in total. The van der Waals surface area contributed by atoms with Gasteiger partial charge < -0.3 is 20.7 Å². The van der Waals surface area contributed by atoms with E-state index in [1.807, 2.05) is 20.0 Å². The maximum Gasteiger partial charge on any atom is 0.253 e. The number of aryl methyl sites for hydroxylation is 2. The molecule has 1 amide bonds. The third kappa shape index (κ3) is 1.96. The van der Waals surface area contributed by atoms with Crippen LogP contribution in [0.5, 0.6) is 0 Å². The highest BCUT2D eigenvalue weighted by Gasteiger charge is 2.27. The van der Waals surface area contributed by atoms with Crippen molar-refractivity contribution < 1.29 is 9.90 Å². The van der Waals surface area contributed by atoms with Gasteiger partial charge in [-0.1, -0.05) is 0 Å². The summed E-state index contributed by atoms with van der Waals surface area (Å²) >= 11 is 0. The van der Waals surface area contributed by atoms with E-state index in [9.17, 15) is 9.90 Å². The van der Waals surface area contributed by atoms with Gasteiger partial charge in [0.1, 0.15) is 0 Å². The van der Waals surface area contributed by atoms with E-state index in [0.29, 0.717) is 18.7 Å². The Labute approximate surface area is 94.2 Å². The number of hydrogen-bond donors (Lipinski definition) is 4. The number of β-amino-alcohol motifs (C(OH)–C–C–N with tert-alkyl or cyclic N) is 1. The van der Waals surface area contributed by atoms with E-state index in [4.69, 9.17) is 0 Å². The molecule has 1 aliphatic rings. The summed E-state index contributed by atoms with van der Waals surface area (Å²) < 4.78 is 0. The van der Waals surface area contributed by atoms with Crippen LogP contribution in [0, 0.1) is 13.8 Å². The van der Waals surface area contributed by atoms with Crippen LogP contribution in [0.1, 0.15) is 21.6 Å². The largest absolute Gasteiger partial charge is 0.390 e. The number of aromatic nitrogens is 1. The number of rotatable bonds is 2. The van der Waals surface area contributed by atoms with Crippen molar-refractivity contribution in [1.82, 2.24) is 15.6 Å². The van der Waals surface area contributed by atoms with Gasteiger partial charge in [0.05, 0.1) is 17.7 Å². The maximum absolute atomic E-state index is 12.0. The first kappa shape index (κ1) is 11.2. The lowest BCUT2D eigenvalue weighted by Gasteiger charge is -2.15. The van der Waals surface area contributed by atoms with Gasteiger partial charge >= 0.3 is 0 Å². The van der Waals surface area contributed by atoms with Crippen LogP contribution in [0.15, 0.2) is 6.20 Å². The van der Waals surface area contributed by atoms with Crippen molar-refractivity contribution in [3.8, 4) is 0 Å². The van der Waals surface area contributed by atoms with E-state index in [2.05, 4.69) is 15.6 Å². The van der Waals surface area contributed by atoms with Crippen molar-refractivity contribution in [3.63, 3.8) is 0 Å². The monoisotopic (exact) mass is 223 g/mol. The molecule has 2 atom stereocenters. The summed E-state index contributed by atoms with van der Waals surface area (Å²) in [6, 6.07) is -0.193. The van der Waals surface area contributed by atoms with Crippen LogP contribution < -0.4 is 10.6 Å². The molecule has 0 aromatic carbocycles. The van der Waals surface area contributed by atoms with E-state index < -0.39 is 6.10 Å². The summed E-state index contributed by atoms with van der Waals surface area (Å²) in [6.45, 7) is 4.92. The Balaban J connectivity index is 2.08. The quantitative estimate of drug-likeness (QED) is 0.555. The molecule has 0 aliphatic carbocycles. The van der Waals surface area contributed by atoms with Gasteiger partial charge in [-0.25, -0.2) is 0 Å². The number of aromatic amines is 1. The molecule has 4 N–H and O–H groups in total. The van der Waals surface area contributed by atoms with Crippen molar-refractivity contribution in [3.05, 3.63) is 23.0 Å². The second kappa shape index (κ2) is 4.27. The normalized spacial score (nSPS) is 24.7. The fraction of sp³-hybridized carbons (Fsp3) is 0.545. The molecule has 0 bridgehead atoms. The van der Waals surface area contributed by atoms with Crippen molar-refractivity contribution in [2.24, 2.45) is 0 Å². The minimum atomic E-state index is -0.497. The van der Waals surface area contributed by atoms with Gasteiger partial charge in [0.2, 0.25) is 0 Å². The Bertz CT molecular complexity index is 380. The van der Waals surface area contributed by atoms with E-state index in [0.717, 1.165) is 11.3 Å². The lowest BCUT2D eigenvalue weighted by molar-refractivity contribution is 0.0887. The molecule has 0 saturated carbocycles. The zero-order valence-corrected chi connectivity index (χ0v) is 9.50. The Morgan fingerprint density at radius 2 is 2.25 bits per heavy atom. The van der Waals surface area contributed by atoms with E-state index in [1.165, 1.54) is 0 Å². The molecule has 16 heavy (non-hydrogen) atoms. The van der Waals surface area contributed by atoms with Gasteiger partial charge in [0.15, 0.2) is 0 Å². The van der Waals surface area contributed by atoms with Gasteiger partial charge in [-0.15, -0.1) is 0 Å². The molecule has 0 radical (unpaired) electrons. The molecule has 2 rings (SSSR count). The van der Waals surface area contributed by atoms with E-state index in [1.54, 1.807) is 0 Å². The van der Waals surface area contributed by atoms with Crippen molar-refractivity contribution in [2.45, 2.75) is 26.0 Å². The second-order valence-electron chi connectivity index (χ2n) is 4.28. The summed E-state index contributed by atoms with van der Waals surface area (Å²) in [5.74, 6) is -0.121. The van der Waals surface area contributed by atoms with Gasteiger partial charge in [-0.05, 0) is 19.4 Å². The van der Waals surface area contributed by atoms with Crippen LogP contribution >= 0.6 is 0 Å². The number of carbonyl (C=O) groups excluding carboxylic acids is 1. The fourth-order valence-electron chi connectivity index (χ4n) is 2.06. The standard InChI is InChI=1S/C11H17N3O2/c1-6-3-13-7(2)10(6)11(16)14-8-4-12-5-9(8)15/h3,8-9,12-13,15H,4-5H2,1-2H3,(H,14,16). The Morgan fingerprint density at radius 3 is 2.75 bits per heavy atom. The minimum absolute atomic E-state index is 0.121. The predicted octanol–water partition coefficient (Wildman–Crippen LogP) is -0.306. The molecule has 1 aromatic heterocycles. The summed E-state index contributed by atoms with van der Waals surface area (Å²) in [7, 11) is 0. The average Bonchev–Trinajstić information content (AvgIpc) is 2.75. The van der Waals surface area contributed by atoms with E-state index in [-0.39, 0.29) is 11.9 Å². The summed E-state index contributed by atoms with van der Waals surface area (Å²) in [5, 5.41) is 15.5. The third-order valence-corrected chi connectivity index (χ3v) is 3.00. The summed E-state index contributed by atoms with van der Waals surface area (Å²) in [5.41, 5.74) is 2.46. The summed E-state index contributed by atoms with van der Waals surface area (Å²) in [6.07, 6.45) is 1.32. The van der Waals surface area contributed by atoms with Crippen LogP contribution in [-0.2, 0) is 0 Å². The van der Waals surface area contributed by atoms with Crippen molar-refractivity contribution >= 4 is 5.91 Å². The molecule has 1 aliphatic heterocycles. The van der Waals surface area contributed by atoms with Gasteiger partial charge in [-0.2, -0.15) is 0 Å². The lowest BCUT2D eigenvalue weighted by atomic mass is 10.1. The molecule has 2 unspecified atom stereocenters. The SMILES string of the molecule is Cc1c[nH]c(C)c1C(=O)NC1CNCC1O. The molecular weight excluding hydrogens is 206 g/mol. The zero-order chi connectivity index (χ0) is 11.7. The van der Waals surface area contributed by atoms with Crippen molar-refractivity contribution in [1.29, 1.82) is 0 Å². The third-order valence-electron chi connectivity index (χ3n) is 3.00. The predicted molar refractivity (Wildman–Crippen MR) is 60.4 cm³/mol. The average molecular weight is 223 g/mol. The van der Waals surface area contributed by atoms with Gasteiger partial charge in [0, 0.05) is 25.0 Å². The highest BCUT2D eigenvalue weighted by Crippen LogP contribution is 2.12. The van der Waals surface area contributed by atoms with Crippen LogP contribution in [0.3, 0.4) is 0 Å². The number of H-pyrrole nitrogens is 1. The molecule has 1 aromatic rings. The number of hydrogen-bond acceptors (Lipinski definition) is 3. The zero-order valence-electron chi connectivity index (χ0n) is 9.50. The second-order valence-corrected chi connectivity index (χ2v) is 4.28. The van der Waals surface area contributed by atoms with Gasteiger partial charge in [-0.3, -0.25) is 4.79 Å². The van der Waals surface area contributed by atoms with E-state index >= 15 is 0 Å². The smallest absolute Gasteiger partial charge is 0.253 e. The van der Waals surface area contributed by atoms with Crippen LogP contribution in [0.4, 0.5) is 0 Å². The van der Waals surface area contributed by atoms with Crippen LogP contribution in [-0.4, -0.2) is 41.2 Å². The topological polar surface area (TPSA) is 77.2 Å². The number of aliphatic hydroxyl groups is 1. The molecule has 0 spiro atoms. The first-order valence-corrected chi connectivity index (χ1v) is 5.44. The number of aliphatic hydroxyl groups excluding tert-OH is 1. The Hall–Kier alpha value is -1.33. The first-order chi connectivity index (χ1) is 7.59. The first-order valence-electron chi connectivity index (χ1n) is 5.44. The molecule has 5 heteroatoms. The molecule has 1 saturated heterocycles. The highest BCUT2D eigenvalue weighted by atomic mass is 16.3. The molecule has 2 heterocycles. The molecule has 88 valence electrons. The molecule has 1 fully saturated rings. The fourth-order valence-corrected chi connectivity index (χ4v) is 2.06. The summed E-state index contributed by atoms with van der Waals surface area (Å²) in [4.78, 5) is 15.0. The van der Waals surface area contributed by atoms with Crippen molar-refractivity contribution in [2.75, 3.05) is 13.1 Å². The highest BCUT2D eigenvalue weighted by molar-refractivity contribution is 5.97. The number of amides is 1. The minimum Gasteiger partial charge on any atom is -0.390 e. The number of nitrogens with one attached hydrogen (secondary N) is 3. The Kier molecular flexibility index (Phi) is 2.98. The Morgan fingerprint density at radius 1 is 1.50 bits per heavy atom.